The van der Waals surface area contributed by atoms with Crippen LogP contribution >= 0.6 is 0 Å². The summed E-state index contributed by atoms with van der Waals surface area (Å²) in [7, 11) is 0. The summed E-state index contributed by atoms with van der Waals surface area (Å²) in [4.78, 5) is 14.2. The quantitative estimate of drug-likeness (QED) is 0.694. The number of hydrogen-bond donors (Lipinski definition) is 1. The number of carbonyl (C=O) groups is 1. The normalized spacial score (nSPS) is 21.1. The third-order valence-electron chi connectivity index (χ3n) is 4.08. The molecular formula is C19H29FN2O3. The first-order chi connectivity index (χ1) is 12.0. The van der Waals surface area contributed by atoms with Gasteiger partial charge in [0, 0.05) is 38.7 Å². The molecule has 6 heteroatoms. The Bertz CT molecular complexity index is 531. The van der Waals surface area contributed by atoms with E-state index in [1.165, 1.54) is 12.1 Å². The van der Waals surface area contributed by atoms with Gasteiger partial charge in [0.2, 0.25) is 5.91 Å². The molecule has 2 atom stereocenters. The molecule has 0 spiro atoms. The van der Waals surface area contributed by atoms with Crippen LogP contribution in [0.5, 0.6) is 5.75 Å². The predicted octanol–water partition coefficient (Wildman–Crippen LogP) is 2.60. The molecule has 0 aliphatic carbocycles. The van der Waals surface area contributed by atoms with Gasteiger partial charge >= 0.3 is 0 Å². The van der Waals surface area contributed by atoms with Crippen molar-refractivity contribution in [3.05, 3.63) is 30.1 Å². The first kappa shape index (κ1) is 19.7. The Morgan fingerprint density at radius 1 is 1.32 bits per heavy atom. The van der Waals surface area contributed by atoms with Crippen molar-refractivity contribution in [2.75, 3.05) is 32.8 Å². The molecule has 5 nitrogen and oxygen atoms in total. The number of morpholine rings is 1. The maximum Gasteiger partial charge on any atom is 0.220 e. The summed E-state index contributed by atoms with van der Waals surface area (Å²) < 4.78 is 24.1. The smallest absolute Gasteiger partial charge is 0.220 e. The van der Waals surface area contributed by atoms with Gasteiger partial charge in [-0.2, -0.15) is 0 Å². The van der Waals surface area contributed by atoms with Crippen LogP contribution in [0.25, 0.3) is 0 Å². The van der Waals surface area contributed by atoms with Crippen molar-refractivity contribution in [2.45, 2.75) is 45.3 Å². The minimum atomic E-state index is -0.320. The summed E-state index contributed by atoms with van der Waals surface area (Å²) in [6.07, 6.45) is 2.51. The van der Waals surface area contributed by atoms with Crippen molar-refractivity contribution in [3.8, 4) is 5.75 Å². The van der Waals surface area contributed by atoms with Gasteiger partial charge in [0.05, 0.1) is 18.8 Å². The average molecular weight is 352 g/mol. The monoisotopic (exact) mass is 352 g/mol. The highest BCUT2D eigenvalue weighted by atomic mass is 19.1. The number of nitrogens with zero attached hydrogens (tertiary/aromatic N) is 1. The summed E-state index contributed by atoms with van der Waals surface area (Å²) in [6, 6.07) is 6.02. The number of ether oxygens (including phenoxy) is 2. The fourth-order valence-electron chi connectivity index (χ4n) is 3.07. The molecule has 2 rings (SSSR count). The Balaban J connectivity index is 1.49. The van der Waals surface area contributed by atoms with E-state index >= 15 is 0 Å². The molecule has 1 N–H and O–H groups in total. The number of benzene rings is 1. The second-order valence-corrected chi connectivity index (χ2v) is 6.63. The van der Waals surface area contributed by atoms with E-state index in [0.717, 1.165) is 26.1 Å². The fourth-order valence-corrected chi connectivity index (χ4v) is 3.07. The number of nitrogens with one attached hydrogen (secondary N) is 1. The van der Waals surface area contributed by atoms with E-state index in [1.54, 1.807) is 12.1 Å². The van der Waals surface area contributed by atoms with Gasteiger partial charge in [0.1, 0.15) is 11.6 Å². The van der Waals surface area contributed by atoms with Crippen molar-refractivity contribution in [1.29, 1.82) is 0 Å². The van der Waals surface area contributed by atoms with E-state index in [2.05, 4.69) is 24.1 Å². The van der Waals surface area contributed by atoms with Crippen LogP contribution in [0.1, 0.15) is 33.1 Å². The Kier molecular flexibility index (Phi) is 8.15. The van der Waals surface area contributed by atoms with E-state index in [0.29, 0.717) is 31.7 Å². The summed E-state index contributed by atoms with van der Waals surface area (Å²) in [5.74, 6) is 0.209. The minimum Gasteiger partial charge on any atom is -0.493 e. The standard InChI is InChI=1S/C19H29FN2O3/c1-15-13-22(14-16(2)25-15)10-5-9-21-19(23)8-4-11-24-18-7-3-6-17(20)12-18/h3,6-7,12,15-16H,4-5,8-11,13-14H2,1-2H3,(H,21,23). The van der Waals surface area contributed by atoms with Crippen molar-refractivity contribution in [2.24, 2.45) is 0 Å². The van der Waals surface area contributed by atoms with Gasteiger partial charge in [-0.3, -0.25) is 9.69 Å². The van der Waals surface area contributed by atoms with Crippen LogP contribution in [0, 0.1) is 5.82 Å². The summed E-state index contributed by atoms with van der Waals surface area (Å²) in [6.45, 7) is 8.16. The average Bonchev–Trinajstić information content (AvgIpc) is 2.55. The maximum atomic E-state index is 13.0. The number of halogens is 1. The van der Waals surface area contributed by atoms with Crippen molar-refractivity contribution < 1.29 is 18.7 Å². The molecular weight excluding hydrogens is 323 g/mol. The van der Waals surface area contributed by atoms with Crippen LogP contribution in [-0.4, -0.2) is 55.8 Å². The number of hydrogen-bond acceptors (Lipinski definition) is 4. The van der Waals surface area contributed by atoms with Gasteiger partial charge in [0.15, 0.2) is 0 Å². The predicted molar refractivity (Wildman–Crippen MR) is 95.2 cm³/mol. The molecule has 0 radical (unpaired) electrons. The lowest BCUT2D eigenvalue weighted by Crippen LogP contribution is -2.46. The molecule has 1 aliphatic rings. The van der Waals surface area contributed by atoms with E-state index in [4.69, 9.17) is 9.47 Å². The zero-order valence-corrected chi connectivity index (χ0v) is 15.2. The fraction of sp³-hybridized carbons (Fsp3) is 0.632. The third-order valence-corrected chi connectivity index (χ3v) is 4.08. The molecule has 0 saturated carbocycles. The van der Waals surface area contributed by atoms with Gasteiger partial charge in [-0.05, 0) is 38.8 Å². The zero-order valence-electron chi connectivity index (χ0n) is 15.2. The molecule has 1 aromatic carbocycles. The van der Waals surface area contributed by atoms with Crippen LogP contribution in [0.2, 0.25) is 0 Å². The Morgan fingerprint density at radius 3 is 2.80 bits per heavy atom. The van der Waals surface area contributed by atoms with Gasteiger partial charge in [-0.25, -0.2) is 4.39 Å². The van der Waals surface area contributed by atoms with Crippen molar-refractivity contribution in [3.63, 3.8) is 0 Å². The second-order valence-electron chi connectivity index (χ2n) is 6.63. The Labute approximate surface area is 149 Å². The molecule has 1 fully saturated rings. The van der Waals surface area contributed by atoms with E-state index in [1.807, 2.05) is 0 Å². The highest BCUT2D eigenvalue weighted by Crippen LogP contribution is 2.12. The van der Waals surface area contributed by atoms with Crippen LogP contribution in [0.15, 0.2) is 24.3 Å². The molecule has 1 saturated heterocycles. The van der Waals surface area contributed by atoms with Crippen molar-refractivity contribution >= 4 is 5.91 Å². The molecule has 0 bridgehead atoms. The third kappa shape index (κ3) is 7.84. The first-order valence-corrected chi connectivity index (χ1v) is 9.06. The highest BCUT2D eigenvalue weighted by molar-refractivity contribution is 5.75. The lowest BCUT2D eigenvalue weighted by Gasteiger charge is -2.35. The summed E-state index contributed by atoms with van der Waals surface area (Å²) in [5, 5.41) is 2.94. The van der Waals surface area contributed by atoms with E-state index in [9.17, 15) is 9.18 Å². The number of rotatable bonds is 9. The van der Waals surface area contributed by atoms with Crippen LogP contribution in [0.3, 0.4) is 0 Å². The molecule has 0 aromatic heterocycles. The molecule has 1 amide bonds. The minimum absolute atomic E-state index is 0.0338. The molecule has 25 heavy (non-hydrogen) atoms. The number of carbonyl (C=O) groups excluding carboxylic acids is 1. The zero-order chi connectivity index (χ0) is 18.1. The highest BCUT2D eigenvalue weighted by Gasteiger charge is 2.21. The van der Waals surface area contributed by atoms with Gasteiger partial charge in [0.25, 0.3) is 0 Å². The number of amides is 1. The molecule has 140 valence electrons. The van der Waals surface area contributed by atoms with Crippen LogP contribution < -0.4 is 10.1 Å². The van der Waals surface area contributed by atoms with E-state index in [-0.39, 0.29) is 23.9 Å². The Hall–Kier alpha value is -1.66. The van der Waals surface area contributed by atoms with Gasteiger partial charge < -0.3 is 14.8 Å². The topological polar surface area (TPSA) is 50.8 Å². The molecule has 1 heterocycles. The summed E-state index contributed by atoms with van der Waals surface area (Å²) in [5.41, 5.74) is 0. The lowest BCUT2D eigenvalue weighted by atomic mass is 10.2. The van der Waals surface area contributed by atoms with Crippen LogP contribution in [0.4, 0.5) is 4.39 Å². The molecule has 1 aliphatic heterocycles. The second kappa shape index (κ2) is 10.4. The SMILES string of the molecule is CC1CN(CCCNC(=O)CCCOc2cccc(F)c2)CC(C)O1. The summed E-state index contributed by atoms with van der Waals surface area (Å²) >= 11 is 0. The van der Waals surface area contributed by atoms with Crippen LogP contribution in [-0.2, 0) is 9.53 Å². The first-order valence-electron chi connectivity index (χ1n) is 9.06. The lowest BCUT2D eigenvalue weighted by molar-refractivity contribution is -0.121. The van der Waals surface area contributed by atoms with Gasteiger partial charge in [-0.15, -0.1) is 0 Å². The molecule has 2 unspecified atom stereocenters. The maximum absolute atomic E-state index is 13.0. The van der Waals surface area contributed by atoms with Crippen molar-refractivity contribution in [1.82, 2.24) is 10.2 Å². The van der Waals surface area contributed by atoms with E-state index < -0.39 is 0 Å². The Morgan fingerprint density at radius 2 is 2.08 bits per heavy atom. The molecule has 1 aromatic rings. The largest absolute Gasteiger partial charge is 0.493 e. The van der Waals surface area contributed by atoms with Gasteiger partial charge in [-0.1, -0.05) is 6.07 Å².